The molecule has 2 aromatic carbocycles. The van der Waals surface area contributed by atoms with Crippen LogP contribution in [0.3, 0.4) is 0 Å². The highest BCUT2D eigenvalue weighted by atomic mass is 32.2. The molecule has 122 valence electrons. The van der Waals surface area contributed by atoms with Crippen molar-refractivity contribution in [3.8, 4) is 11.3 Å². The molecule has 0 bridgehead atoms. The molecular weight excluding hydrogens is 326 g/mol. The lowest BCUT2D eigenvalue weighted by atomic mass is 10.2. The highest BCUT2D eigenvalue weighted by Crippen LogP contribution is 2.20. The summed E-state index contributed by atoms with van der Waals surface area (Å²) in [6.07, 6.45) is 1.59. The summed E-state index contributed by atoms with van der Waals surface area (Å²) in [6.45, 7) is 0.0244. The fourth-order valence-corrected chi connectivity index (χ4v) is 2.64. The van der Waals surface area contributed by atoms with Gasteiger partial charge in [-0.3, -0.25) is 4.21 Å². The van der Waals surface area contributed by atoms with Crippen LogP contribution in [0, 0.1) is 0 Å². The van der Waals surface area contributed by atoms with Gasteiger partial charge in [-0.15, -0.1) is 0 Å². The first kappa shape index (κ1) is 16.1. The molecule has 6 heteroatoms. The van der Waals surface area contributed by atoms with Crippen LogP contribution in [-0.4, -0.2) is 21.6 Å². The standard InChI is InChI=1S/C18H15NO4S/c1-24(21)16-9-7-14(8-10-16)18(20)22-12-15-11-17(23-19-15)13-5-3-2-4-6-13/h2-11H,12H2,1H3/t24-/m1/s1. The van der Waals surface area contributed by atoms with Crippen LogP contribution in [0.15, 0.2) is 70.1 Å². The SMILES string of the molecule is C[S@@](=O)c1ccc(C(=O)OCc2cc(-c3ccccc3)on2)cc1. The summed E-state index contributed by atoms with van der Waals surface area (Å²) >= 11 is 0. The Bertz CT molecular complexity index is 856. The number of hydrogen-bond acceptors (Lipinski definition) is 5. The van der Waals surface area contributed by atoms with Crippen molar-refractivity contribution in [1.29, 1.82) is 0 Å². The van der Waals surface area contributed by atoms with Gasteiger partial charge in [0.15, 0.2) is 5.76 Å². The molecule has 1 aromatic heterocycles. The van der Waals surface area contributed by atoms with E-state index in [1.54, 1.807) is 36.6 Å². The van der Waals surface area contributed by atoms with Crippen LogP contribution in [0.25, 0.3) is 11.3 Å². The van der Waals surface area contributed by atoms with Crippen molar-refractivity contribution in [3.63, 3.8) is 0 Å². The highest BCUT2D eigenvalue weighted by molar-refractivity contribution is 7.84. The van der Waals surface area contributed by atoms with E-state index in [0.29, 0.717) is 21.9 Å². The Morgan fingerprint density at radius 2 is 1.83 bits per heavy atom. The van der Waals surface area contributed by atoms with Gasteiger partial charge < -0.3 is 9.26 Å². The normalized spacial score (nSPS) is 11.9. The summed E-state index contributed by atoms with van der Waals surface area (Å²) in [6, 6.07) is 17.8. The largest absolute Gasteiger partial charge is 0.455 e. The van der Waals surface area contributed by atoms with Gasteiger partial charge in [0.05, 0.1) is 5.56 Å². The maximum absolute atomic E-state index is 12.0. The Kier molecular flexibility index (Phi) is 4.86. The topological polar surface area (TPSA) is 69.4 Å². The Labute approximate surface area is 141 Å². The summed E-state index contributed by atoms with van der Waals surface area (Å²) in [7, 11) is -1.07. The van der Waals surface area contributed by atoms with Gasteiger partial charge >= 0.3 is 5.97 Å². The third kappa shape index (κ3) is 3.78. The van der Waals surface area contributed by atoms with E-state index in [2.05, 4.69) is 5.16 Å². The zero-order valence-corrected chi connectivity index (χ0v) is 13.8. The monoisotopic (exact) mass is 341 g/mol. The average Bonchev–Trinajstić information content (AvgIpc) is 3.09. The molecule has 0 aliphatic carbocycles. The van der Waals surface area contributed by atoms with Crippen molar-refractivity contribution in [1.82, 2.24) is 5.16 Å². The van der Waals surface area contributed by atoms with Crippen molar-refractivity contribution in [3.05, 3.63) is 71.9 Å². The van der Waals surface area contributed by atoms with Gasteiger partial charge in [-0.2, -0.15) is 0 Å². The maximum atomic E-state index is 12.0. The molecule has 0 N–H and O–H groups in total. The number of rotatable bonds is 5. The smallest absolute Gasteiger partial charge is 0.338 e. The number of carbonyl (C=O) groups excluding carboxylic acids is 1. The average molecular weight is 341 g/mol. The second-order valence-electron chi connectivity index (χ2n) is 5.10. The molecule has 3 aromatic rings. The Morgan fingerprint density at radius 1 is 1.12 bits per heavy atom. The number of carbonyl (C=O) groups is 1. The molecule has 1 heterocycles. The molecule has 0 spiro atoms. The zero-order chi connectivity index (χ0) is 16.9. The van der Waals surface area contributed by atoms with Crippen molar-refractivity contribution in [2.24, 2.45) is 0 Å². The molecule has 0 saturated heterocycles. The molecule has 0 aliphatic rings. The minimum absolute atomic E-state index is 0.0244. The first-order chi connectivity index (χ1) is 11.6. The summed E-state index contributed by atoms with van der Waals surface area (Å²) in [5, 5.41) is 3.90. The molecule has 0 unspecified atom stereocenters. The number of aromatic nitrogens is 1. The van der Waals surface area contributed by atoms with Crippen molar-refractivity contribution < 1.29 is 18.3 Å². The van der Waals surface area contributed by atoms with Crippen LogP contribution in [0.5, 0.6) is 0 Å². The summed E-state index contributed by atoms with van der Waals surface area (Å²) in [5.41, 5.74) is 1.84. The molecule has 1 atom stereocenters. The van der Waals surface area contributed by atoms with Crippen LogP contribution in [0.1, 0.15) is 16.1 Å². The molecule has 5 nitrogen and oxygen atoms in total. The number of esters is 1. The van der Waals surface area contributed by atoms with Gasteiger partial charge in [0.1, 0.15) is 12.3 Å². The number of hydrogen-bond donors (Lipinski definition) is 0. The van der Waals surface area contributed by atoms with E-state index in [4.69, 9.17) is 9.26 Å². The molecular formula is C18H15NO4S. The number of nitrogens with zero attached hydrogens (tertiary/aromatic N) is 1. The maximum Gasteiger partial charge on any atom is 0.338 e. The van der Waals surface area contributed by atoms with Gasteiger partial charge in [-0.05, 0) is 24.3 Å². The lowest BCUT2D eigenvalue weighted by Crippen LogP contribution is -2.05. The van der Waals surface area contributed by atoms with E-state index in [-0.39, 0.29) is 6.61 Å². The molecule has 0 amide bonds. The quantitative estimate of drug-likeness (QED) is 0.665. The number of ether oxygens (including phenoxy) is 1. The zero-order valence-electron chi connectivity index (χ0n) is 13.0. The molecule has 0 aliphatic heterocycles. The van der Waals surface area contributed by atoms with Gasteiger partial charge in [0.25, 0.3) is 0 Å². The summed E-state index contributed by atoms with van der Waals surface area (Å²) < 4.78 is 21.8. The number of benzene rings is 2. The minimum atomic E-state index is -1.07. The molecule has 0 radical (unpaired) electrons. The van der Waals surface area contributed by atoms with Crippen LogP contribution in [0.2, 0.25) is 0 Å². The van der Waals surface area contributed by atoms with Crippen LogP contribution >= 0.6 is 0 Å². The van der Waals surface area contributed by atoms with E-state index >= 15 is 0 Å². The van der Waals surface area contributed by atoms with Crippen molar-refractivity contribution >= 4 is 16.8 Å². The van der Waals surface area contributed by atoms with Crippen molar-refractivity contribution in [2.75, 3.05) is 6.26 Å². The predicted molar refractivity (Wildman–Crippen MR) is 89.8 cm³/mol. The highest BCUT2D eigenvalue weighted by Gasteiger charge is 2.11. The van der Waals surface area contributed by atoms with Crippen molar-refractivity contribution in [2.45, 2.75) is 11.5 Å². The van der Waals surface area contributed by atoms with Gasteiger partial charge in [0, 0.05) is 33.6 Å². The Hall–Kier alpha value is -2.73. The van der Waals surface area contributed by atoms with Gasteiger partial charge in [-0.1, -0.05) is 35.5 Å². The fraction of sp³-hybridized carbons (Fsp3) is 0.111. The van der Waals surface area contributed by atoms with E-state index in [1.807, 2.05) is 30.3 Å². The summed E-state index contributed by atoms with van der Waals surface area (Å²) in [5.74, 6) is 0.157. The molecule has 3 rings (SSSR count). The lowest BCUT2D eigenvalue weighted by molar-refractivity contribution is 0.0464. The van der Waals surface area contributed by atoms with Crippen LogP contribution in [0.4, 0.5) is 0 Å². The third-order valence-corrected chi connectivity index (χ3v) is 4.33. The van der Waals surface area contributed by atoms with E-state index in [9.17, 15) is 9.00 Å². The first-order valence-electron chi connectivity index (χ1n) is 7.25. The molecule has 0 saturated carbocycles. The second kappa shape index (κ2) is 7.23. The third-order valence-electron chi connectivity index (χ3n) is 3.39. The van der Waals surface area contributed by atoms with E-state index < -0.39 is 16.8 Å². The van der Waals surface area contributed by atoms with Gasteiger partial charge in [-0.25, -0.2) is 4.79 Å². The molecule has 24 heavy (non-hydrogen) atoms. The predicted octanol–water partition coefficient (Wildman–Crippen LogP) is 3.44. The van der Waals surface area contributed by atoms with Crippen LogP contribution < -0.4 is 0 Å². The molecule has 0 fully saturated rings. The summed E-state index contributed by atoms with van der Waals surface area (Å²) in [4.78, 5) is 12.7. The minimum Gasteiger partial charge on any atom is -0.455 e. The lowest BCUT2D eigenvalue weighted by Gasteiger charge is -2.03. The van der Waals surface area contributed by atoms with Crippen LogP contribution in [-0.2, 0) is 22.1 Å². The second-order valence-corrected chi connectivity index (χ2v) is 6.48. The first-order valence-corrected chi connectivity index (χ1v) is 8.81. The Morgan fingerprint density at radius 3 is 2.50 bits per heavy atom. The van der Waals surface area contributed by atoms with E-state index in [1.165, 1.54) is 0 Å². The van der Waals surface area contributed by atoms with E-state index in [0.717, 1.165) is 5.56 Å². The van der Waals surface area contributed by atoms with Gasteiger partial charge in [0.2, 0.25) is 0 Å². The fourth-order valence-electron chi connectivity index (χ4n) is 2.12. The Balaban J connectivity index is 1.62.